The smallest absolute Gasteiger partial charge is 0.409 e. The molecular weight excluding hydrogens is 547 g/mol. The molecule has 42 heavy (non-hydrogen) atoms. The van der Waals surface area contributed by atoms with Crippen LogP contribution < -0.4 is 15.4 Å². The number of hydrogen-bond acceptors (Lipinski definition) is 8. The number of piperazine rings is 2. The third-order valence-corrected chi connectivity index (χ3v) is 7.31. The zero-order chi connectivity index (χ0) is 30.1. The van der Waals surface area contributed by atoms with E-state index in [-0.39, 0.29) is 44.4 Å². The van der Waals surface area contributed by atoms with Crippen molar-refractivity contribution >= 4 is 34.7 Å². The van der Waals surface area contributed by atoms with Crippen LogP contribution in [-0.4, -0.2) is 122 Å². The monoisotopic (exact) mass is 586 g/mol. The first-order chi connectivity index (χ1) is 20.3. The minimum atomic E-state index is -1.42. The zero-order valence-corrected chi connectivity index (χ0v) is 24.2. The van der Waals surface area contributed by atoms with Gasteiger partial charge in [0.05, 0.1) is 12.1 Å². The van der Waals surface area contributed by atoms with Gasteiger partial charge in [-0.1, -0.05) is 19.4 Å². The Kier molecular flexibility index (Phi) is 10.9. The summed E-state index contributed by atoms with van der Waals surface area (Å²) in [5.41, 5.74) is 1.31. The van der Waals surface area contributed by atoms with E-state index < -0.39 is 30.6 Å². The van der Waals surface area contributed by atoms with Crippen molar-refractivity contribution in [2.45, 2.75) is 32.7 Å². The minimum Gasteiger partial charge on any atom is -0.483 e. The number of pyridine rings is 1. The standard InChI is InChI=1S/C29H39FN6O6/c1-3-4-15-41-29(40)36-13-11-35(12-14-36)28(39)24(18-30)33-27(38)23-17-25(21-6-5-20(2)16-22(21)32-23)42-19-26(37)34-9-7-31-8-10-34/h5-6,16-17,24,31H,3-4,7-15,18-19H2,1-2H3,(H,33,38)/t24-/m0/s1. The van der Waals surface area contributed by atoms with Gasteiger partial charge in [-0.3, -0.25) is 14.4 Å². The maximum atomic E-state index is 14.1. The van der Waals surface area contributed by atoms with E-state index >= 15 is 0 Å². The predicted octanol–water partition coefficient (Wildman–Crippen LogP) is 1.50. The van der Waals surface area contributed by atoms with Crippen LogP contribution in [0.15, 0.2) is 24.3 Å². The number of unbranched alkanes of at least 4 members (excludes halogenated alkanes) is 1. The maximum absolute atomic E-state index is 14.1. The number of fused-ring (bicyclic) bond motifs is 1. The second-order valence-corrected chi connectivity index (χ2v) is 10.4. The van der Waals surface area contributed by atoms with Crippen molar-refractivity contribution in [1.82, 2.24) is 30.3 Å². The van der Waals surface area contributed by atoms with Crippen LogP contribution in [0.4, 0.5) is 9.18 Å². The zero-order valence-electron chi connectivity index (χ0n) is 24.2. The lowest BCUT2D eigenvalue weighted by atomic mass is 10.1. The third kappa shape index (κ3) is 7.84. The molecule has 0 aliphatic carbocycles. The first-order valence-electron chi connectivity index (χ1n) is 14.4. The molecule has 4 amide bonds. The number of nitrogens with one attached hydrogen (secondary N) is 2. The predicted molar refractivity (Wildman–Crippen MR) is 153 cm³/mol. The first kappa shape index (κ1) is 30.9. The van der Waals surface area contributed by atoms with Crippen LogP contribution in [0, 0.1) is 6.92 Å². The summed E-state index contributed by atoms with van der Waals surface area (Å²) >= 11 is 0. The summed E-state index contributed by atoms with van der Waals surface area (Å²) in [6, 6.07) is 5.44. The van der Waals surface area contributed by atoms with E-state index in [0.29, 0.717) is 49.4 Å². The quantitative estimate of drug-likeness (QED) is 0.401. The van der Waals surface area contributed by atoms with E-state index in [1.54, 1.807) is 17.0 Å². The fourth-order valence-corrected chi connectivity index (χ4v) is 4.81. The molecule has 2 N–H and O–H groups in total. The number of nitrogens with zero attached hydrogens (tertiary/aromatic N) is 4. The van der Waals surface area contributed by atoms with Gasteiger partial charge < -0.3 is 34.8 Å². The summed E-state index contributed by atoms with van der Waals surface area (Å²) in [6.45, 7) is 6.39. The van der Waals surface area contributed by atoms with Gasteiger partial charge in [0.1, 0.15) is 24.2 Å². The Hall–Kier alpha value is -4.00. The number of aryl methyl sites for hydroxylation is 1. The Morgan fingerprint density at radius 2 is 1.74 bits per heavy atom. The highest BCUT2D eigenvalue weighted by Crippen LogP contribution is 2.27. The van der Waals surface area contributed by atoms with Crippen LogP contribution in [0.2, 0.25) is 0 Å². The molecule has 2 fully saturated rings. The second-order valence-electron chi connectivity index (χ2n) is 10.4. The number of rotatable bonds is 10. The topological polar surface area (TPSA) is 133 Å². The SMILES string of the molecule is CCCCOC(=O)N1CCN(C(=O)[C@H](CF)NC(=O)c2cc(OCC(=O)N3CCNCC3)c3ccc(C)cc3n2)CC1. The van der Waals surface area contributed by atoms with E-state index in [9.17, 15) is 23.6 Å². The summed E-state index contributed by atoms with van der Waals surface area (Å²) in [6.07, 6.45) is 1.25. The number of ether oxygens (including phenoxy) is 2. The molecule has 0 bridgehead atoms. The molecule has 2 aromatic rings. The van der Waals surface area contributed by atoms with E-state index in [1.807, 2.05) is 19.9 Å². The summed E-state index contributed by atoms with van der Waals surface area (Å²) in [7, 11) is 0. The van der Waals surface area contributed by atoms with Crippen LogP contribution in [-0.2, 0) is 14.3 Å². The van der Waals surface area contributed by atoms with E-state index in [0.717, 1.165) is 18.4 Å². The number of alkyl halides is 1. The molecule has 1 aromatic carbocycles. The van der Waals surface area contributed by atoms with Crippen molar-refractivity contribution < 1.29 is 33.0 Å². The Labute approximate surface area is 244 Å². The molecule has 12 nitrogen and oxygen atoms in total. The number of aromatic nitrogens is 1. The van der Waals surface area contributed by atoms with Gasteiger partial charge >= 0.3 is 6.09 Å². The summed E-state index contributed by atoms with van der Waals surface area (Å²) in [5, 5.41) is 6.28. The molecule has 1 aromatic heterocycles. The lowest BCUT2D eigenvalue weighted by Gasteiger charge is -2.35. The van der Waals surface area contributed by atoms with Gasteiger partial charge in [0.15, 0.2) is 6.61 Å². The normalized spacial score (nSPS) is 16.2. The molecule has 2 aliphatic rings. The lowest BCUT2D eigenvalue weighted by Crippen LogP contribution is -2.56. The van der Waals surface area contributed by atoms with E-state index in [2.05, 4.69) is 15.6 Å². The molecule has 228 valence electrons. The number of halogens is 1. The molecule has 0 unspecified atom stereocenters. The fraction of sp³-hybridized carbons (Fsp3) is 0.552. The van der Waals surface area contributed by atoms with Crippen LogP contribution >= 0.6 is 0 Å². The highest BCUT2D eigenvalue weighted by molar-refractivity contribution is 5.99. The Bertz CT molecular complexity index is 1280. The second kappa shape index (κ2) is 14.8. The molecule has 2 aliphatic heterocycles. The van der Waals surface area contributed by atoms with Crippen molar-refractivity contribution in [1.29, 1.82) is 0 Å². The van der Waals surface area contributed by atoms with Crippen LogP contribution in [0.5, 0.6) is 5.75 Å². The third-order valence-electron chi connectivity index (χ3n) is 7.31. The molecule has 0 saturated carbocycles. The van der Waals surface area contributed by atoms with Gasteiger partial charge in [0.25, 0.3) is 11.8 Å². The molecule has 1 atom stereocenters. The minimum absolute atomic E-state index is 0.0661. The molecule has 0 spiro atoms. The molecular formula is C29H39FN6O6. The molecule has 4 rings (SSSR count). The van der Waals surface area contributed by atoms with E-state index in [4.69, 9.17) is 9.47 Å². The molecule has 2 saturated heterocycles. The largest absolute Gasteiger partial charge is 0.483 e. The number of amides is 4. The Balaban J connectivity index is 1.41. The molecule has 13 heteroatoms. The number of carbonyl (C=O) groups excluding carboxylic acids is 4. The number of benzene rings is 1. The van der Waals surface area contributed by atoms with Gasteiger partial charge in [-0.05, 0) is 31.0 Å². The van der Waals surface area contributed by atoms with Crippen molar-refractivity contribution in [2.75, 3.05) is 72.2 Å². The van der Waals surface area contributed by atoms with Gasteiger partial charge in [-0.15, -0.1) is 0 Å². The maximum Gasteiger partial charge on any atom is 0.409 e. The molecule has 0 radical (unpaired) electrons. The molecule has 3 heterocycles. The van der Waals surface area contributed by atoms with Gasteiger partial charge in [-0.25, -0.2) is 14.2 Å². The summed E-state index contributed by atoms with van der Waals surface area (Å²) < 4.78 is 25.1. The highest BCUT2D eigenvalue weighted by Gasteiger charge is 2.31. The van der Waals surface area contributed by atoms with Crippen LogP contribution in [0.3, 0.4) is 0 Å². The highest BCUT2D eigenvalue weighted by atomic mass is 19.1. The van der Waals surface area contributed by atoms with Gasteiger partial charge in [0, 0.05) is 63.8 Å². The lowest BCUT2D eigenvalue weighted by molar-refractivity contribution is -0.135. The van der Waals surface area contributed by atoms with Gasteiger partial charge in [0.2, 0.25) is 5.91 Å². The van der Waals surface area contributed by atoms with Gasteiger partial charge in [-0.2, -0.15) is 0 Å². The Morgan fingerprint density at radius 1 is 1.02 bits per heavy atom. The van der Waals surface area contributed by atoms with E-state index in [1.165, 1.54) is 15.9 Å². The summed E-state index contributed by atoms with van der Waals surface area (Å²) in [4.78, 5) is 60.2. The summed E-state index contributed by atoms with van der Waals surface area (Å²) in [5.74, 6) is -1.21. The number of hydrogen-bond donors (Lipinski definition) is 2. The van der Waals surface area contributed by atoms with Crippen molar-refractivity contribution in [3.8, 4) is 5.75 Å². The van der Waals surface area contributed by atoms with Crippen molar-refractivity contribution in [2.24, 2.45) is 0 Å². The average Bonchev–Trinajstić information content (AvgIpc) is 3.02. The fourth-order valence-electron chi connectivity index (χ4n) is 4.81. The van der Waals surface area contributed by atoms with Crippen LogP contribution in [0.1, 0.15) is 35.8 Å². The first-order valence-corrected chi connectivity index (χ1v) is 14.4. The van der Waals surface area contributed by atoms with Crippen molar-refractivity contribution in [3.05, 3.63) is 35.5 Å². The number of carbonyl (C=O) groups is 4. The van der Waals surface area contributed by atoms with Crippen LogP contribution in [0.25, 0.3) is 10.9 Å². The van der Waals surface area contributed by atoms with Crippen molar-refractivity contribution in [3.63, 3.8) is 0 Å². The average molecular weight is 587 g/mol. The Morgan fingerprint density at radius 3 is 2.43 bits per heavy atom.